The lowest BCUT2D eigenvalue weighted by Crippen LogP contribution is -2.46. The summed E-state index contributed by atoms with van der Waals surface area (Å²) >= 11 is 0. The predicted octanol–water partition coefficient (Wildman–Crippen LogP) is 3.01. The van der Waals surface area contributed by atoms with Crippen molar-refractivity contribution in [1.82, 2.24) is 10.6 Å². The average Bonchev–Trinajstić information content (AvgIpc) is 2.77. The first-order chi connectivity index (χ1) is 14.9. The maximum atomic E-state index is 12.3. The van der Waals surface area contributed by atoms with Crippen LogP contribution in [-0.4, -0.2) is 23.8 Å². The SMILES string of the molecule is C[C@@H](NC(=O)CCC(=O)N[C@H](Cc1ccc2ccccc2c1)C(N)=O)c1ccccc1. The Kier molecular flexibility index (Phi) is 7.38. The number of hydrogen-bond donors (Lipinski definition) is 3. The molecular formula is C25H27N3O3. The van der Waals surface area contributed by atoms with Gasteiger partial charge in [0, 0.05) is 19.3 Å². The van der Waals surface area contributed by atoms with Gasteiger partial charge < -0.3 is 16.4 Å². The molecule has 3 amide bonds. The minimum Gasteiger partial charge on any atom is -0.368 e. The van der Waals surface area contributed by atoms with Crippen LogP contribution in [0.25, 0.3) is 10.8 Å². The zero-order valence-corrected chi connectivity index (χ0v) is 17.5. The highest BCUT2D eigenvalue weighted by Crippen LogP contribution is 2.17. The number of rotatable bonds is 9. The Bertz CT molecular complexity index is 1070. The number of benzene rings is 3. The standard InChI is InChI=1S/C25H27N3O3/c1-17(19-7-3-2-4-8-19)27-23(29)13-14-24(30)28-22(25(26)31)16-18-11-12-20-9-5-6-10-21(20)15-18/h2-12,15,17,22H,13-14,16H2,1H3,(H2,26,31)(H,27,29)(H,28,30)/t17-,22-/m1/s1. The largest absolute Gasteiger partial charge is 0.368 e. The first-order valence-electron chi connectivity index (χ1n) is 10.3. The van der Waals surface area contributed by atoms with Crippen LogP contribution < -0.4 is 16.4 Å². The van der Waals surface area contributed by atoms with E-state index in [2.05, 4.69) is 10.6 Å². The van der Waals surface area contributed by atoms with Crippen molar-refractivity contribution in [3.8, 4) is 0 Å². The Morgan fingerprint density at radius 3 is 2.10 bits per heavy atom. The number of nitrogens with one attached hydrogen (secondary N) is 2. The number of nitrogens with two attached hydrogens (primary N) is 1. The van der Waals surface area contributed by atoms with E-state index in [4.69, 9.17) is 5.73 Å². The molecule has 2 atom stereocenters. The van der Waals surface area contributed by atoms with Crippen molar-refractivity contribution in [3.63, 3.8) is 0 Å². The van der Waals surface area contributed by atoms with E-state index < -0.39 is 11.9 Å². The van der Waals surface area contributed by atoms with Crippen molar-refractivity contribution >= 4 is 28.5 Å². The minimum absolute atomic E-state index is 0.0190. The molecule has 31 heavy (non-hydrogen) atoms. The van der Waals surface area contributed by atoms with Crippen LogP contribution in [0.3, 0.4) is 0 Å². The van der Waals surface area contributed by atoms with Crippen LogP contribution in [0.15, 0.2) is 72.8 Å². The lowest BCUT2D eigenvalue weighted by atomic mass is 10.0. The topological polar surface area (TPSA) is 101 Å². The van der Waals surface area contributed by atoms with Crippen LogP contribution in [0, 0.1) is 0 Å². The molecule has 0 radical (unpaired) electrons. The maximum Gasteiger partial charge on any atom is 0.240 e. The molecule has 0 spiro atoms. The van der Waals surface area contributed by atoms with E-state index in [1.807, 2.05) is 79.7 Å². The highest BCUT2D eigenvalue weighted by molar-refractivity contribution is 5.89. The maximum absolute atomic E-state index is 12.3. The van der Waals surface area contributed by atoms with Crippen molar-refractivity contribution < 1.29 is 14.4 Å². The molecule has 0 saturated heterocycles. The van der Waals surface area contributed by atoms with E-state index in [9.17, 15) is 14.4 Å². The van der Waals surface area contributed by atoms with Gasteiger partial charge in [0.2, 0.25) is 17.7 Å². The van der Waals surface area contributed by atoms with Crippen molar-refractivity contribution in [2.24, 2.45) is 5.73 Å². The van der Waals surface area contributed by atoms with Crippen LogP contribution in [0.1, 0.15) is 36.9 Å². The van der Waals surface area contributed by atoms with E-state index >= 15 is 0 Å². The monoisotopic (exact) mass is 417 g/mol. The van der Waals surface area contributed by atoms with Crippen molar-refractivity contribution in [3.05, 3.63) is 83.9 Å². The Hall–Kier alpha value is -3.67. The van der Waals surface area contributed by atoms with Gasteiger partial charge in [-0.25, -0.2) is 0 Å². The molecule has 0 aliphatic heterocycles. The number of amides is 3. The van der Waals surface area contributed by atoms with Crippen molar-refractivity contribution in [2.75, 3.05) is 0 Å². The highest BCUT2D eigenvalue weighted by atomic mass is 16.2. The van der Waals surface area contributed by atoms with Crippen LogP contribution in [-0.2, 0) is 20.8 Å². The third-order valence-corrected chi connectivity index (χ3v) is 5.19. The molecule has 160 valence electrons. The lowest BCUT2D eigenvalue weighted by molar-refractivity contribution is -0.129. The number of carbonyl (C=O) groups is 3. The molecule has 0 unspecified atom stereocenters. The molecule has 0 aliphatic carbocycles. The van der Waals surface area contributed by atoms with Gasteiger partial charge >= 0.3 is 0 Å². The van der Waals surface area contributed by atoms with E-state index in [1.54, 1.807) is 0 Å². The fourth-order valence-electron chi connectivity index (χ4n) is 3.46. The fraction of sp³-hybridized carbons (Fsp3) is 0.240. The van der Waals surface area contributed by atoms with Crippen molar-refractivity contribution in [1.29, 1.82) is 0 Å². The average molecular weight is 418 g/mol. The molecule has 0 bridgehead atoms. The molecule has 6 nitrogen and oxygen atoms in total. The van der Waals surface area contributed by atoms with Crippen LogP contribution in [0.5, 0.6) is 0 Å². The Morgan fingerprint density at radius 1 is 0.806 bits per heavy atom. The first-order valence-corrected chi connectivity index (χ1v) is 10.3. The molecule has 0 aromatic heterocycles. The quantitative estimate of drug-likeness (QED) is 0.499. The lowest BCUT2D eigenvalue weighted by Gasteiger charge is -2.17. The molecule has 4 N–H and O–H groups in total. The van der Waals surface area contributed by atoms with Gasteiger partial charge in [-0.3, -0.25) is 14.4 Å². The summed E-state index contributed by atoms with van der Waals surface area (Å²) in [4.78, 5) is 36.4. The molecular weight excluding hydrogens is 390 g/mol. The zero-order chi connectivity index (χ0) is 22.2. The second kappa shape index (κ2) is 10.4. The van der Waals surface area contributed by atoms with E-state index in [0.717, 1.165) is 21.9 Å². The van der Waals surface area contributed by atoms with Gasteiger partial charge in [0.05, 0.1) is 6.04 Å². The summed E-state index contributed by atoms with van der Waals surface area (Å²) in [6.45, 7) is 1.89. The fourth-order valence-corrected chi connectivity index (χ4v) is 3.46. The van der Waals surface area contributed by atoms with Gasteiger partial charge in [0.25, 0.3) is 0 Å². The smallest absolute Gasteiger partial charge is 0.240 e. The summed E-state index contributed by atoms with van der Waals surface area (Å²) in [5.41, 5.74) is 7.39. The number of hydrogen-bond acceptors (Lipinski definition) is 3. The van der Waals surface area contributed by atoms with Gasteiger partial charge in [-0.2, -0.15) is 0 Å². The molecule has 3 rings (SSSR count). The molecule has 0 aliphatic rings. The second-order valence-electron chi connectivity index (χ2n) is 7.61. The second-order valence-corrected chi connectivity index (χ2v) is 7.61. The predicted molar refractivity (Wildman–Crippen MR) is 121 cm³/mol. The highest BCUT2D eigenvalue weighted by Gasteiger charge is 2.19. The normalized spacial score (nSPS) is 12.7. The first kappa shape index (κ1) is 22.0. The number of fused-ring (bicyclic) bond motifs is 1. The van der Waals surface area contributed by atoms with Crippen LogP contribution >= 0.6 is 0 Å². The van der Waals surface area contributed by atoms with E-state index in [1.165, 1.54) is 0 Å². The van der Waals surface area contributed by atoms with E-state index in [0.29, 0.717) is 6.42 Å². The molecule has 0 heterocycles. The summed E-state index contributed by atoms with van der Waals surface area (Å²) in [5.74, 6) is -1.22. The third-order valence-electron chi connectivity index (χ3n) is 5.19. The zero-order valence-electron chi connectivity index (χ0n) is 17.5. The number of carbonyl (C=O) groups excluding carboxylic acids is 3. The third kappa shape index (κ3) is 6.40. The molecule has 0 fully saturated rings. The summed E-state index contributed by atoms with van der Waals surface area (Å²) in [6.07, 6.45) is 0.308. The molecule has 3 aromatic rings. The van der Waals surface area contributed by atoms with Crippen molar-refractivity contribution in [2.45, 2.75) is 38.3 Å². The van der Waals surface area contributed by atoms with Gasteiger partial charge in [0.1, 0.15) is 6.04 Å². The van der Waals surface area contributed by atoms with E-state index in [-0.39, 0.29) is 30.7 Å². The van der Waals surface area contributed by atoms with Gasteiger partial charge in [-0.05, 0) is 28.8 Å². The van der Waals surface area contributed by atoms with Gasteiger partial charge in [-0.15, -0.1) is 0 Å². The minimum atomic E-state index is -0.833. The van der Waals surface area contributed by atoms with Gasteiger partial charge in [-0.1, -0.05) is 72.8 Å². The molecule has 0 saturated carbocycles. The van der Waals surface area contributed by atoms with Crippen LogP contribution in [0.2, 0.25) is 0 Å². The Balaban J connectivity index is 1.51. The number of primary amides is 1. The molecule has 3 aromatic carbocycles. The summed E-state index contributed by atoms with van der Waals surface area (Å²) in [6, 6.07) is 22.4. The summed E-state index contributed by atoms with van der Waals surface area (Å²) < 4.78 is 0. The summed E-state index contributed by atoms with van der Waals surface area (Å²) in [5, 5.41) is 7.69. The Morgan fingerprint density at radius 2 is 1.42 bits per heavy atom. The van der Waals surface area contributed by atoms with Crippen LogP contribution in [0.4, 0.5) is 0 Å². The summed E-state index contributed by atoms with van der Waals surface area (Å²) in [7, 11) is 0. The van der Waals surface area contributed by atoms with Gasteiger partial charge in [0.15, 0.2) is 0 Å². The molecule has 6 heteroatoms. The Labute approximate surface area is 181 Å².